The molecule has 2 fully saturated rings. The maximum Gasteiger partial charge on any atom is 0.224 e. The molecule has 0 saturated carbocycles. The minimum atomic E-state index is 0. The van der Waals surface area contributed by atoms with E-state index in [0.29, 0.717) is 19.1 Å². The van der Waals surface area contributed by atoms with Gasteiger partial charge in [-0.3, -0.25) is 9.79 Å². The first kappa shape index (κ1) is 25.7. The fourth-order valence-electron chi connectivity index (χ4n) is 4.16. The van der Waals surface area contributed by atoms with Gasteiger partial charge in [0, 0.05) is 64.5 Å². The fraction of sp³-hybridized carbons (Fsp3) is 0.652. The summed E-state index contributed by atoms with van der Waals surface area (Å²) in [6.45, 7) is 11.5. The second kappa shape index (κ2) is 13.8. The van der Waals surface area contributed by atoms with Gasteiger partial charge in [0.25, 0.3) is 0 Å². The molecule has 0 aromatic heterocycles. The predicted molar refractivity (Wildman–Crippen MR) is 137 cm³/mol. The number of hydrogen-bond acceptors (Lipinski definition) is 4. The van der Waals surface area contributed by atoms with Gasteiger partial charge < -0.3 is 24.8 Å². The van der Waals surface area contributed by atoms with E-state index >= 15 is 0 Å². The molecule has 2 aliphatic rings. The van der Waals surface area contributed by atoms with Crippen LogP contribution in [-0.2, 0) is 9.53 Å². The molecule has 0 aliphatic carbocycles. The lowest BCUT2D eigenvalue weighted by atomic mass is 10.1. The molecule has 174 valence electrons. The Morgan fingerprint density at radius 2 is 1.71 bits per heavy atom. The van der Waals surface area contributed by atoms with Crippen molar-refractivity contribution in [2.75, 3.05) is 63.9 Å². The standard InChI is InChI=1S/C23H37N5O2.HI/c1-3-24-23(28-14-11-21(12-15-28)30-4-2)25-13-10-22(29)27-18-16-26(17-19-27)20-8-6-5-7-9-20;/h5-9,21H,3-4,10-19H2,1-2H3,(H,24,25);1H. The van der Waals surface area contributed by atoms with Crippen LogP contribution in [0.4, 0.5) is 5.69 Å². The zero-order valence-corrected chi connectivity index (χ0v) is 21.3. The maximum absolute atomic E-state index is 12.7. The van der Waals surface area contributed by atoms with Crippen LogP contribution in [0.2, 0.25) is 0 Å². The van der Waals surface area contributed by atoms with E-state index in [4.69, 9.17) is 9.73 Å². The highest BCUT2D eigenvalue weighted by molar-refractivity contribution is 14.0. The molecule has 2 heterocycles. The molecular formula is C23H38IN5O2. The first-order chi connectivity index (χ1) is 14.7. The molecule has 0 bridgehead atoms. The average Bonchev–Trinajstić information content (AvgIpc) is 2.80. The molecule has 1 N–H and O–H groups in total. The number of aliphatic imine (C=N–C) groups is 1. The van der Waals surface area contributed by atoms with Crippen molar-refractivity contribution in [2.24, 2.45) is 4.99 Å². The predicted octanol–water partition coefficient (Wildman–Crippen LogP) is 2.81. The van der Waals surface area contributed by atoms with Crippen LogP contribution in [0, 0.1) is 0 Å². The monoisotopic (exact) mass is 543 g/mol. The van der Waals surface area contributed by atoms with Gasteiger partial charge in [0.15, 0.2) is 5.96 Å². The Morgan fingerprint density at radius 1 is 1.03 bits per heavy atom. The number of piperidine rings is 1. The number of benzene rings is 1. The van der Waals surface area contributed by atoms with Crippen molar-refractivity contribution in [1.82, 2.24) is 15.1 Å². The SMILES string of the molecule is CCNC(=NCCC(=O)N1CCN(c2ccccc2)CC1)N1CCC(OCC)CC1.I. The topological polar surface area (TPSA) is 60.4 Å². The van der Waals surface area contributed by atoms with E-state index in [2.05, 4.69) is 53.2 Å². The zero-order valence-electron chi connectivity index (χ0n) is 19.0. The van der Waals surface area contributed by atoms with Gasteiger partial charge in [0.2, 0.25) is 5.91 Å². The number of rotatable bonds is 7. The molecule has 0 spiro atoms. The summed E-state index contributed by atoms with van der Waals surface area (Å²) >= 11 is 0. The third-order valence-corrected chi connectivity index (χ3v) is 5.82. The lowest BCUT2D eigenvalue weighted by Gasteiger charge is -2.36. The summed E-state index contributed by atoms with van der Waals surface area (Å²) in [7, 11) is 0. The number of halogens is 1. The van der Waals surface area contributed by atoms with Crippen molar-refractivity contribution < 1.29 is 9.53 Å². The fourth-order valence-corrected chi connectivity index (χ4v) is 4.16. The van der Waals surface area contributed by atoms with Gasteiger partial charge >= 0.3 is 0 Å². The van der Waals surface area contributed by atoms with Gasteiger partial charge in [-0.1, -0.05) is 18.2 Å². The molecule has 8 heteroatoms. The van der Waals surface area contributed by atoms with Crippen molar-refractivity contribution in [2.45, 2.75) is 39.2 Å². The van der Waals surface area contributed by atoms with Crippen molar-refractivity contribution in [3.63, 3.8) is 0 Å². The normalized spacial score (nSPS) is 18.0. The van der Waals surface area contributed by atoms with Crippen LogP contribution < -0.4 is 10.2 Å². The number of para-hydroxylation sites is 1. The van der Waals surface area contributed by atoms with Gasteiger partial charge in [-0.15, -0.1) is 24.0 Å². The van der Waals surface area contributed by atoms with Gasteiger partial charge in [-0.2, -0.15) is 0 Å². The maximum atomic E-state index is 12.7. The van der Waals surface area contributed by atoms with Crippen molar-refractivity contribution in [3.8, 4) is 0 Å². The largest absolute Gasteiger partial charge is 0.378 e. The highest BCUT2D eigenvalue weighted by atomic mass is 127. The highest BCUT2D eigenvalue weighted by Crippen LogP contribution is 2.16. The minimum absolute atomic E-state index is 0. The van der Waals surface area contributed by atoms with E-state index in [9.17, 15) is 4.79 Å². The Balaban J connectivity index is 0.00000341. The Hall–Kier alpha value is -1.55. The number of carbonyl (C=O) groups is 1. The van der Waals surface area contributed by atoms with Gasteiger partial charge in [0.05, 0.1) is 12.6 Å². The molecule has 7 nitrogen and oxygen atoms in total. The molecule has 1 aromatic rings. The molecule has 0 radical (unpaired) electrons. The first-order valence-electron chi connectivity index (χ1n) is 11.4. The van der Waals surface area contributed by atoms with Crippen molar-refractivity contribution >= 4 is 41.5 Å². The Bertz CT molecular complexity index is 672. The Labute approximate surface area is 204 Å². The Kier molecular flexibility index (Phi) is 11.4. The molecule has 1 amide bonds. The van der Waals surface area contributed by atoms with Crippen molar-refractivity contribution in [3.05, 3.63) is 30.3 Å². The summed E-state index contributed by atoms with van der Waals surface area (Å²) in [5, 5.41) is 3.38. The summed E-state index contributed by atoms with van der Waals surface area (Å²) in [5.41, 5.74) is 1.23. The lowest BCUT2D eigenvalue weighted by molar-refractivity contribution is -0.131. The van der Waals surface area contributed by atoms with Crippen LogP contribution in [-0.4, -0.2) is 86.7 Å². The Morgan fingerprint density at radius 3 is 2.32 bits per heavy atom. The summed E-state index contributed by atoms with van der Waals surface area (Å²) in [6.07, 6.45) is 2.90. The van der Waals surface area contributed by atoms with Crippen LogP contribution in [0.25, 0.3) is 0 Å². The number of anilines is 1. The third-order valence-electron chi connectivity index (χ3n) is 5.82. The lowest BCUT2D eigenvalue weighted by Crippen LogP contribution is -2.49. The molecule has 31 heavy (non-hydrogen) atoms. The van der Waals surface area contributed by atoms with Gasteiger partial charge in [-0.05, 0) is 38.8 Å². The van der Waals surface area contributed by atoms with E-state index in [1.54, 1.807) is 0 Å². The van der Waals surface area contributed by atoms with Gasteiger partial charge in [0.1, 0.15) is 0 Å². The van der Waals surface area contributed by atoms with Gasteiger partial charge in [-0.25, -0.2) is 0 Å². The molecule has 0 unspecified atom stereocenters. The number of nitrogens with one attached hydrogen (secondary N) is 1. The molecule has 1 aromatic carbocycles. The number of ether oxygens (including phenoxy) is 1. The second-order valence-corrected chi connectivity index (χ2v) is 7.83. The number of likely N-dealkylation sites (tertiary alicyclic amines) is 1. The molecular weight excluding hydrogens is 505 g/mol. The smallest absolute Gasteiger partial charge is 0.224 e. The number of piperazine rings is 1. The second-order valence-electron chi connectivity index (χ2n) is 7.83. The van der Waals surface area contributed by atoms with E-state index < -0.39 is 0 Å². The molecule has 3 rings (SSSR count). The summed E-state index contributed by atoms with van der Waals surface area (Å²) in [5.74, 6) is 1.13. The van der Waals surface area contributed by atoms with Crippen LogP contribution in [0.5, 0.6) is 0 Å². The number of carbonyl (C=O) groups excluding carboxylic acids is 1. The summed E-state index contributed by atoms with van der Waals surface area (Å²) in [6, 6.07) is 10.4. The molecule has 0 atom stereocenters. The summed E-state index contributed by atoms with van der Waals surface area (Å²) in [4.78, 5) is 24.0. The van der Waals surface area contributed by atoms with E-state index in [-0.39, 0.29) is 29.9 Å². The van der Waals surface area contributed by atoms with Crippen LogP contribution in [0.3, 0.4) is 0 Å². The third kappa shape index (κ3) is 7.82. The van der Waals surface area contributed by atoms with E-state index in [0.717, 1.165) is 71.2 Å². The summed E-state index contributed by atoms with van der Waals surface area (Å²) < 4.78 is 5.75. The molecule has 2 aliphatic heterocycles. The number of guanidine groups is 1. The van der Waals surface area contributed by atoms with E-state index in [1.807, 2.05) is 11.0 Å². The van der Waals surface area contributed by atoms with E-state index in [1.165, 1.54) is 5.69 Å². The highest BCUT2D eigenvalue weighted by Gasteiger charge is 2.23. The number of amides is 1. The quantitative estimate of drug-likeness (QED) is 0.326. The average molecular weight is 543 g/mol. The first-order valence-corrected chi connectivity index (χ1v) is 11.4. The van der Waals surface area contributed by atoms with Crippen LogP contribution >= 0.6 is 24.0 Å². The van der Waals surface area contributed by atoms with Crippen molar-refractivity contribution in [1.29, 1.82) is 0 Å². The number of hydrogen-bond donors (Lipinski definition) is 1. The zero-order chi connectivity index (χ0) is 21.2. The molecule has 2 saturated heterocycles. The van der Waals surface area contributed by atoms with Crippen LogP contribution in [0.1, 0.15) is 33.1 Å². The minimum Gasteiger partial charge on any atom is -0.378 e. The van der Waals surface area contributed by atoms with Crippen LogP contribution in [0.15, 0.2) is 35.3 Å². The number of nitrogens with zero attached hydrogens (tertiary/aromatic N) is 4.